The smallest absolute Gasteiger partial charge is 0.186 e. The first-order valence-electron chi connectivity index (χ1n) is 10.6. The van der Waals surface area contributed by atoms with Crippen LogP contribution < -0.4 is 0 Å². The maximum absolute atomic E-state index is 14.9. The first-order chi connectivity index (χ1) is 16.3. The molecule has 4 aromatic heterocycles. The molecule has 4 heterocycles. The zero-order valence-corrected chi connectivity index (χ0v) is 18.8. The molecule has 0 bridgehead atoms. The van der Waals surface area contributed by atoms with Gasteiger partial charge in [-0.05, 0) is 61.9 Å². The molecule has 0 saturated heterocycles. The molecule has 5 rings (SSSR count). The highest BCUT2D eigenvalue weighted by molar-refractivity contribution is 6.01. The van der Waals surface area contributed by atoms with Gasteiger partial charge in [-0.2, -0.15) is 5.10 Å². The Morgan fingerprint density at radius 1 is 1.03 bits per heavy atom. The predicted molar refractivity (Wildman–Crippen MR) is 122 cm³/mol. The molecular weight excluding hydrogens is 438 g/mol. The van der Waals surface area contributed by atoms with Gasteiger partial charge in [-0.25, -0.2) is 18.3 Å². The number of benzene rings is 1. The van der Waals surface area contributed by atoms with E-state index < -0.39 is 5.82 Å². The molecule has 170 valence electrons. The summed E-state index contributed by atoms with van der Waals surface area (Å²) in [5, 5.41) is 8.50. The molecule has 7 nitrogen and oxygen atoms in total. The van der Waals surface area contributed by atoms with E-state index in [1.165, 1.54) is 33.6 Å². The summed E-state index contributed by atoms with van der Waals surface area (Å²) in [5.41, 5.74) is 4.62. The molecule has 0 amide bonds. The number of nitrogens with zero attached hydrogens (tertiary/aromatic N) is 6. The molecule has 0 aliphatic heterocycles. The molecule has 0 saturated carbocycles. The quantitative estimate of drug-likeness (QED) is 0.362. The van der Waals surface area contributed by atoms with Crippen molar-refractivity contribution in [1.82, 2.24) is 29.4 Å². The van der Waals surface area contributed by atoms with Crippen LogP contribution in [0.2, 0.25) is 0 Å². The van der Waals surface area contributed by atoms with E-state index in [1.807, 2.05) is 26.0 Å². The second-order valence-corrected chi connectivity index (χ2v) is 8.19. The van der Waals surface area contributed by atoms with Crippen molar-refractivity contribution >= 4 is 11.4 Å². The van der Waals surface area contributed by atoms with Crippen LogP contribution in [0, 0.1) is 25.5 Å². The third kappa shape index (κ3) is 3.96. The minimum absolute atomic E-state index is 0.182. The first-order valence-corrected chi connectivity index (χ1v) is 10.6. The summed E-state index contributed by atoms with van der Waals surface area (Å²) in [6, 6.07) is 11.1. The minimum Gasteiger partial charge on any atom is -0.292 e. The number of fused-ring (bicyclic) bond motifs is 1. The molecule has 0 atom stereocenters. The summed E-state index contributed by atoms with van der Waals surface area (Å²) >= 11 is 0. The van der Waals surface area contributed by atoms with Crippen LogP contribution in [-0.4, -0.2) is 35.1 Å². The van der Waals surface area contributed by atoms with Crippen LogP contribution in [0.1, 0.15) is 27.3 Å². The molecule has 0 unspecified atom stereocenters. The van der Waals surface area contributed by atoms with Crippen LogP contribution in [0.4, 0.5) is 8.78 Å². The van der Waals surface area contributed by atoms with E-state index in [9.17, 15) is 13.6 Å². The van der Waals surface area contributed by atoms with E-state index in [1.54, 1.807) is 25.4 Å². The number of pyridine rings is 2. The Labute approximate surface area is 193 Å². The molecule has 34 heavy (non-hydrogen) atoms. The average molecular weight is 458 g/mol. The SMILES string of the molecule is Cc1cc(C)nc(-c2cnn(C)c2C(=O)Cc2cc3nc(-c4ccc(F)cc4)nn3cc2F)c1. The number of aryl methyl sites for hydroxylation is 3. The predicted octanol–water partition coefficient (Wildman–Crippen LogP) is 4.51. The van der Waals surface area contributed by atoms with Crippen LogP contribution in [0.25, 0.3) is 28.3 Å². The Balaban J connectivity index is 1.49. The molecule has 0 fully saturated rings. The Hall–Kier alpha value is -4.27. The van der Waals surface area contributed by atoms with Crippen LogP contribution in [0.15, 0.2) is 54.9 Å². The third-order valence-electron chi connectivity index (χ3n) is 5.53. The van der Waals surface area contributed by atoms with Gasteiger partial charge in [-0.1, -0.05) is 0 Å². The normalized spacial score (nSPS) is 11.3. The lowest BCUT2D eigenvalue weighted by Crippen LogP contribution is -2.12. The number of aromatic nitrogens is 6. The van der Waals surface area contributed by atoms with Crippen molar-refractivity contribution in [1.29, 1.82) is 0 Å². The number of hydrogen-bond donors (Lipinski definition) is 0. The van der Waals surface area contributed by atoms with E-state index in [0.717, 1.165) is 11.3 Å². The fourth-order valence-corrected chi connectivity index (χ4v) is 3.99. The molecule has 9 heteroatoms. The lowest BCUT2D eigenvalue weighted by Gasteiger charge is -2.08. The highest BCUT2D eigenvalue weighted by atomic mass is 19.1. The Bertz CT molecular complexity index is 1530. The lowest BCUT2D eigenvalue weighted by atomic mass is 10.0. The molecule has 0 N–H and O–H groups in total. The number of carbonyl (C=O) groups is 1. The number of Topliss-reactive ketones (excluding diaryl/α,β-unsaturated/α-hetero) is 1. The number of rotatable bonds is 5. The van der Waals surface area contributed by atoms with Crippen molar-refractivity contribution < 1.29 is 13.6 Å². The Morgan fingerprint density at radius 2 is 1.79 bits per heavy atom. The molecule has 0 spiro atoms. The van der Waals surface area contributed by atoms with Gasteiger partial charge in [0.1, 0.15) is 17.3 Å². The van der Waals surface area contributed by atoms with Crippen LogP contribution in [-0.2, 0) is 13.5 Å². The van der Waals surface area contributed by atoms with Gasteiger partial charge >= 0.3 is 0 Å². The number of hydrogen-bond acceptors (Lipinski definition) is 5. The molecule has 0 radical (unpaired) electrons. The number of ketones is 1. The second-order valence-electron chi connectivity index (χ2n) is 8.19. The van der Waals surface area contributed by atoms with Gasteiger partial charge in [0, 0.05) is 35.9 Å². The maximum atomic E-state index is 14.9. The standard InChI is InChI=1S/C25H20F2N6O/c1-14-8-15(2)29-21(9-14)19-12-28-32(3)24(19)22(34)10-17-11-23-30-25(31-33(23)13-20(17)27)16-4-6-18(26)7-5-16/h4-9,11-13H,10H2,1-3H3. The lowest BCUT2D eigenvalue weighted by molar-refractivity contribution is 0.0983. The fourth-order valence-electron chi connectivity index (χ4n) is 3.99. The highest BCUT2D eigenvalue weighted by Gasteiger charge is 2.22. The van der Waals surface area contributed by atoms with Crippen LogP contribution >= 0.6 is 0 Å². The molecule has 1 aromatic carbocycles. The van der Waals surface area contributed by atoms with Crippen LogP contribution in [0.5, 0.6) is 0 Å². The second kappa shape index (κ2) is 8.26. The summed E-state index contributed by atoms with van der Waals surface area (Å²) < 4.78 is 30.9. The largest absolute Gasteiger partial charge is 0.292 e. The Morgan fingerprint density at radius 3 is 2.53 bits per heavy atom. The van der Waals surface area contributed by atoms with E-state index in [0.29, 0.717) is 34.0 Å². The van der Waals surface area contributed by atoms with Crippen molar-refractivity contribution in [3.63, 3.8) is 0 Å². The summed E-state index contributed by atoms with van der Waals surface area (Å²) in [7, 11) is 1.67. The maximum Gasteiger partial charge on any atom is 0.186 e. The van der Waals surface area contributed by atoms with Crippen molar-refractivity contribution in [2.75, 3.05) is 0 Å². The summed E-state index contributed by atoms with van der Waals surface area (Å²) in [5.74, 6) is -0.912. The molecule has 5 aromatic rings. The average Bonchev–Trinajstić information content (AvgIpc) is 3.37. The van der Waals surface area contributed by atoms with Gasteiger partial charge < -0.3 is 0 Å². The monoisotopic (exact) mass is 458 g/mol. The van der Waals surface area contributed by atoms with Gasteiger partial charge in [-0.3, -0.25) is 14.5 Å². The Kier molecular flexibility index (Phi) is 5.24. The molecule has 0 aliphatic rings. The third-order valence-corrected chi connectivity index (χ3v) is 5.53. The summed E-state index contributed by atoms with van der Waals surface area (Å²) in [4.78, 5) is 22.2. The minimum atomic E-state index is -0.579. The summed E-state index contributed by atoms with van der Waals surface area (Å²) in [6.07, 6.45) is 2.60. The van der Waals surface area contributed by atoms with Gasteiger partial charge in [0.05, 0.1) is 18.1 Å². The zero-order chi connectivity index (χ0) is 24.0. The van der Waals surface area contributed by atoms with Crippen molar-refractivity contribution in [2.45, 2.75) is 20.3 Å². The van der Waals surface area contributed by atoms with Gasteiger partial charge in [-0.15, -0.1) is 5.10 Å². The number of halogens is 2. The van der Waals surface area contributed by atoms with E-state index >= 15 is 0 Å². The zero-order valence-electron chi connectivity index (χ0n) is 18.8. The van der Waals surface area contributed by atoms with Crippen LogP contribution in [0.3, 0.4) is 0 Å². The topological polar surface area (TPSA) is 78.0 Å². The molecule has 0 aliphatic carbocycles. The van der Waals surface area contributed by atoms with Crippen molar-refractivity contribution in [3.8, 4) is 22.6 Å². The fraction of sp³-hybridized carbons (Fsp3) is 0.160. The first kappa shape index (κ1) is 21.6. The van der Waals surface area contributed by atoms with Crippen molar-refractivity contribution in [3.05, 3.63) is 89.0 Å². The highest BCUT2D eigenvalue weighted by Crippen LogP contribution is 2.25. The van der Waals surface area contributed by atoms with Gasteiger partial charge in [0.2, 0.25) is 0 Å². The molecular formula is C25H20F2N6O. The number of carbonyl (C=O) groups excluding carboxylic acids is 1. The summed E-state index contributed by atoms with van der Waals surface area (Å²) in [6.45, 7) is 3.84. The van der Waals surface area contributed by atoms with E-state index in [2.05, 4.69) is 20.2 Å². The van der Waals surface area contributed by atoms with E-state index in [4.69, 9.17) is 0 Å². The van der Waals surface area contributed by atoms with Crippen molar-refractivity contribution in [2.24, 2.45) is 7.05 Å². The van der Waals surface area contributed by atoms with E-state index in [-0.39, 0.29) is 23.6 Å². The van der Waals surface area contributed by atoms with Gasteiger partial charge in [0.25, 0.3) is 0 Å². The van der Waals surface area contributed by atoms with Gasteiger partial charge in [0.15, 0.2) is 17.3 Å².